The van der Waals surface area contributed by atoms with Crippen molar-refractivity contribution in [2.24, 2.45) is 11.8 Å². The number of hydrogen-bond acceptors (Lipinski definition) is 4. The molecule has 1 amide bonds. The fourth-order valence-electron chi connectivity index (χ4n) is 3.99. The predicted molar refractivity (Wildman–Crippen MR) is 126 cm³/mol. The van der Waals surface area contributed by atoms with E-state index in [1.165, 1.54) is 5.56 Å². The molecule has 1 fully saturated rings. The fraction of sp³-hybridized carbons (Fsp3) is 0.500. The molecule has 3 rings (SSSR count). The zero-order valence-corrected chi connectivity index (χ0v) is 19.1. The Morgan fingerprint density at radius 1 is 1.16 bits per heavy atom. The number of ether oxygens (including phenoxy) is 2. The summed E-state index contributed by atoms with van der Waals surface area (Å²) in [7, 11) is 1.63. The minimum Gasteiger partial charge on any atom is -0.493 e. The van der Waals surface area contributed by atoms with E-state index >= 15 is 0 Å². The van der Waals surface area contributed by atoms with E-state index in [-0.39, 0.29) is 11.8 Å². The third kappa shape index (κ3) is 7.28. The van der Waals surface area contributed by atoms with Gasteiger partial charge in [0.15, 0.2) is 11.5 Å². The molecule has 0 aliphatic carbocycles. The van der Waals surface area contributed by atoms with E-state index in [1.807, 2.05) is 18.2 Å². The maximum absolute atomic E-state index is 12.9. The van der Waals surface area contributed by atoms with Gasteiger partial charge in [-0.3, -0.25) is 4.79 Å². The Kier molecular flexibility index (Phi) is 8.77. The summed E-state index contributed by atoms with van der Waals surface area (Å²) >= 11 is 0. The van der Waals surface area contributed by atoms with Gasteiger partial charge in [-0.2, -0.15) is 0 Å². The number of hydrogen-bond donors (Lipinski definition) is 1. The smallest absolute Gasteiger partial charge is 0.228 e. The van der Waals surface area contributed by atoms with Gasteiger partial charge in [0.25, 0.3) is 0 Å². The third-order valence-corrected chi connectivity index (χ3v) is 5.66. The summed E-state index contributed by atoms with van der Waals surface area (Å²) in [5.74, 6) is 1.87. The molecule has 0 unspecified atom stereocenters. The van der Waals surface area contributed by atoms with Crippen LogP contribution in [0.5, 0.6) is 11.5 Å². The van der Waals surface area contributed by atoms with E-state index in [4.69, 9.17) is 9.47 Å². The van der Waals surface area contributed by atoms with Crippen LogP contribution in [0, 0.1) is 11.8 Å². The average molecular weight is 425 g/mol. The number of aryl methyl sites for hydroxylation is 1. The first kappa shape index (κ1) is 23.1. The number of piperidine rings is 1. The molecule has 0 bridgehead atoms. The number of nitrogens with zero attached hydrogens (tertiary/aromatic N) is 1. The standard InChI is InChI=1S/C26H36N2O3/c1-20(2)19-31-25-17-23(13-14-24(25)30-3)27-26(29)22-12-8-16-28(18-22)15-7-11-21-9-5-4-6-10-21/h4-6,9-10,13-14,17,20,22H,7-8,11-12,15-16,18-19H2,1-3H3,(H,27,29)/t22-/m0/s1. The number of carbonyl (C=O) groups is 1. The predicted octanol–water partition coefficient (Wildman–Crippen LogP) is 5.01. The Morgan fingerprint density at radius 2 is 1.97 bits per heavy atom. The molecule has 1 saturated heterocycles. The van der Waals surface area contributed by atoms with Crippen LogP contribution in [0.15, 0.2) is 48.5 Å². The lowest BCUT2D eigenvalue weighted by Gasteiger charge is -2.32. The molecule has 0 aromatic heterocycles. The number of methoxy groups -OCH3 is 1. The molecular formula is C26H36N2O3. The lowest BCUT2D eigenvalue weighted by atomic mass is 9.96. The van der Waals surface area contributed by atoms with Gasteiger partial charge < -0.3 is 19.7 Å². The number of nitrogens with one attached hydrogen (secondary N) is 1. The Bertz CT molecular complexity index is 823. The van der Waals surface area contributed by atoms with Crippen molar-refractivity contribution in [3.05, 3.63) is 54.1 Å². The monoisotopic (exact) mass is 424 g/mol. The molecule has 1 atom stereocenters. The van der Waals surface area contributed by atoms with Gasteiger partial charge >= 0.3 is 0 Å². The quantitative estimate of drug-likeness (QED) is 0.582. The van der Waals surface area contributed by atoms with E-state index in [2.05, 4.69) is 54.4 Å². The van der Waals surface area contributed by atoms with E-state index < -0.39 is 0 Å². The van der Waals surface area contributed by atoms with Gasteiger partial charge in [-0.1, -0.05) is 44.2 Å². The molecule has 1 heterocycles. The molecule has 0 spiro atoms. The Morgan fingerprint density at radius 3 is 2.71 bits per heavy atom. The first-order valence-corrected chi connectivity index (χ1v) is 11.4. The molecule has 2 aromatic rings. The van der Waals surface area contributed by atoms with Gasteiger partial charge in [-0.15, -0.1) is 0 Å². The summed E-state index contributed by atoms with van der Waals surface area (Å²) in [5, 5.41) is 3.09. The van der Waals surface area contributed by atoms with Gasteiger partial charge in [0.05, 0.1) is 19.6 Å². The summed E-state index contributed by atoms with van der Waals surface area (Å²) in [6.45, 7) is 7.75. The maximum Gasteiger partial charge on any atom is 0.228 e. The first-order chi connectivity index (χ1) is 15.0. The number of carbonyl (C=O) groups excluding carboxylic acids is 1. The van der Waals surface area contributed by atoms with Crippen LogP contribution in [0.2, 0.25) is 0 Å². The molecule has 5 heteroatoms. The van der Waals surface area contributed by atoms with Crippen molar-refractivity contribution in [1.82, 2.24) is 4.90 Å². The molecule has 1 aliphatic heterocycles. The number of benzene rings is 2. The molecule has 1 N–H and O–H groups in total. The zero-order chi connectivity index (χ0) is 22.1. The minimum atomic E-state index is 0.0209. The van der Waals surface area contributed by atoms with Crippen molar-refractivity contribution in [2.75, 3.05) is 38.7 Å². The topological polar surface area (TPSA) is 50.8 Å². The molecule has 0 radical (unpaired) electrons. The second-order valence-corrected chi connectivity index (χ2v) is 8.79. The van der Waals surface area contributed by atoms with Crippen molar-refractivity contribution in [2.45, 2.75) is 39.5 Å². The highest BCUT2D eigenvalue weighted by atomic mass is 16.5. The Hall–Kier alpha value is -2.53. The van der Waals surface area contributed by atoms with Gasteiger partial charge in [-0.25, -0.2) is 0 Å². The van der Waals surface area contributed by atoms with E-state index in [9.17, 15) is 4.79 Å². The Balaban J connectivity index is 1.51. The van der Waals surface area contributed by atoms with Gasteiger partial charge in [-0.05, 0) is 62.4 Å². The molecule has 31 heavy (non-hydrogen) atoms. The summed E-state index contributed by atoms with van der Waals surface area (Å²) < 4.78 is 11.3. The second-order valence-electron chi connectivity index (χ2n) is 8.79. The fourth-order valence-corrected chi connectivity index (χ4v) is 3.99. The SMILES string of the molecule is COc1ccc(NC(=O)[C@H]2CCCN(CCCc3ccccc3)C2)cc1OCC(C)C. The van der Waals surface area contributed by atoms with Crippen LogP contribution in [0.1, 0.15) is 38.7 Å². The molecule has 0 saturated carbocycles. The van der Waals surface area contributed by atoms with Crippen LogP contribution in [-0.4, -0.2) is 44.2 Å². The van der Waals surface area contributed by atoms with Crippen molar-refractivity contribution >= 4 is 11.6 Å². The van der Waals surface area contributed by atoms with Crippen molar-refractivity contribution in [1.29, 1.82) is 0 Å². The number of amides is 1. The highest BCUT2D eigenvalue weighted by molar-refractivity contribution is 5.93. The van der Waals surface area contributed by atoms with Crippen LogP contribution in [-0.2, 0) is 11.2 Å². The average Bonchev–Trinajstić information content (AvgIpc) is 2.78. The van der Waals surface area contributed by atoms with Crippen molar-refractivity contribution in [3.8, 4) is 11.5 Å². The van der Waals surface area contributed by atoms with Crippen molar-refractivity contribution < 1.29 is 14.3 Å². The zero-order valence-electron chi connectivity index (χ0n) is 19.1. The molecular weight excluding hydrogens is 388 g/mol. The van der Waals surface area contributed by atoms with Gasteiger partial charge in [0.2, 0.25) is 5.91 Å². The van der Waals surface area contributed by atoms with Crippen molar-refractivity contribution in [3.63, 3.8) is 0 Å². The van der Waals surface area contributed by atoms with Crippen LogP contribution in [0.25, 0.3) is 0 Å². The third-order valence-electron chi connectivity index (χ3n) is 5.66. The highest BCUT2D eigenvalue weighted by Gasteiger charge is 2.25. The number of anilines is 1. The second kappa shape index (κ2) is 11.8. The number of likely N-dealkylation sites (tertiary alicyclic amines) is 1. The summed E-state index contributed by atoms with van der Waals surface area (Å²) in [6, 6.07) is 16.2. The van der Waals surface area contributed by atoms with Gasteiger partial charge in [0.1, 0.15) is 0 Å². The Labute approximate surface area is 186 Å². The lowest BCUT2D eigenvalue weighted by Crippen LogP contribution is -2.41. The largest absolute Gasteiger partial charge is 0.493 e. The lowest BCUT2D eigenvalue weighted by molar-refractivity contribution is -0.121. The number of rotatable bonds is 10. The normalized spacial score (nSPS) is 16.8. The molecule has 1 aliphatic rings. The summed E-state index contributed by atoms with van der Waals surface area (Å²) in [6.07, 6.45) is 4.20. The minimum absolute atomic E-state index is 0.0209. The molecule has 168 valence electrons. The summed E-state index contributed by atoms with van der Waals surface area (Å²) in [4.78, 5) is 15.4. The van der Waals surface area contributed by atoms with E-state index in [0.29, 0.717) is 24.0 Å². The molecule has 2 aromatic carbocycles. The van der Waals surface area contributed by atoms with E-state index in [0.717, 1.165) is 51.0 Å². The van der Waals surface area contributed by atoms with Gasteiger partial charge in [0, 0.05) is 18.3 Å². The van der Waals surface area contributed by atoms with E-state index in [1.54, 1.807) is 7.11 Å². The maximum atomic E-state index is 12.9. The van der Waals surface area contributed by atoms with Crippen LogP contribution in [0.3, 0.4) is 0 Å². The van der Waals surface area contributed by atoms with Crippen LogP contribution < -0.4 is 14.8 Å². The highest BCUT2D eigenvalue weighted by Crippen LogP contribution is 2.31. The van der Waals surface area contributed by atoms with Crippen LogP contribution in [0.4, 0.5) is 5.69 Å². The van der Waals surface area contributed by atoms with Crippen LogP contribution >= 0.6 is 0 Å². The molecule has 5 nitrogen and oxygen atoms in total. The first-order valence-electron chi connectivity index (χ1n) is 11.4. The summed E-state index contributed by atoms with van der Waals surface area (Å²) in [5.41, 5.74) is 2.13.